The van der Waals surface area contributed by atoms with Crippen LogP contribution in [0.5, 0.6) is 11.5 Å². The Kier molecular flexibility index (Phi) is 6.69. The molecule has 0 atom stereocenters. The van der Waals surface area contributed by atoms with Crippen molar-refractivity contribution < 1.29 is 23.5 Å². The standard InChI is InChI=1S/C22H25FN2O4/c1-28-19-9-7-17(15-20(19)29-2)22(27)25-13-11-24(12-14-25)21(26)10-8-16-5-3-4-6-18(16)23/h3-7,9,15H,8,10-14H2,1-2H3. The van der Waals surface area contributed by atoms with Crippen molar-refractivity contribution in [1.29, 1.82) is 0 Å². The molecule has 2 amide bonds. The van der Waals surface area contributed by atoms with Crippen molar-refractivity contribution in [3.05, 3.63) is 59.4 Å². The van der Waals surface area contributed by atoms with Gasteiger partial charge >= 0.3 is 0 Å². The molecule has 2 aromatic rings. The van der Waals surface area contributed by atoms with Crippen molar-refractivity contribution in [1.82, 2.24) is 9.80 Å². The van der Waals surface area contributed by atoms with Gasteiger partial charge in [0.05, 0.1) is 14.2 Å². The van der Waals surface area contributed by atoms with E-state index >= 15 is 0 Å². The Morgan fingerprint density at radius 1 is 0.931 bits per heavy atom. The van der Waals surface area contributed by atoms with E-state index in [2.05, 4.69) is 0 Å². The molecule has 1 saturated heterocycles. The molecule has 2 aromatic carbocycles. The topological polar surface area (TPSA) is 59.1 Å². The number of hydrogen-bond donors (Lipinski definition) is 0. The molecule has 7 heteroatoms. The van der Waals surface area contributed by atoms with Crippen molar-refractivity contribution in [3.63, 3.8) is 0 Å². The highest BCUT2D eigenvalue weighted by Gasteiger charge is 2.25. The summed E-state index contributed by atoms with van der Waals surface area (Å²) in [4.78, 5) is 28.7. The first-order valence-electron chi connectivity index (χ1n) is 9.56. The quantitative estimate of drug-likeness (QED) is 0.748. The average Bonchev–Trinajstić information content (AvgIpc) is 2.77. The van der Waals surface area contributed by atoms with Crippen LogP contribution in [0.1, 0.15) is 22.3 Å². The predicted molar refractivity (Wildman–Crippen MR) is 107 cm³/mol. The van der Waals surface area contributed by atoms with E-state index in [0.717, 1.165) is 0 Å². The van der Waals surface area contributed by atoms with Crippen LogP contribution in [-0.2, 0) is 11.2 Å². The molecule has 154 valence electrons. The lowest BCUT2D eigenvalue weighted by molar-refractivity contribution is -0.132. The molecular formula is C22H25FN2O4. The fourth-order valence-electron chi connectivity index (χ4n) is 3.41. The molecule has 0 saturated carbocycles. The number of methoxy groups -OCH3 is 2. The lowest BCUT2D eigenvalue weighted by Crippen LogP contribution is -2.50. The number of benzene rings is 2. The summed E-state index contributed by atoms with van der Waals surface area (Å²) in [6, 6.07) is 11.6. The molecule has 3 rings (SSSR count). The van der Waals surface area contributed by atoms with Crippen LogP contribution in [0.25, 0.3) is 0 Å². The Balaban J connectivity index is 1.54. The van der Waals surface area contributed by atoms with Crippen molar-refractivity contribution in [2.24, 2.45) is 0 Å². The maximum atomic E-state index is 13.7. The third-order valence-electron chi connectivity index (χ3n) is 5.12. The first kappa shape index (κ1) is 20.6. The average molecular weight is 400 g/mol. The summed E-state index contributed by atoms with van der Waals surface area (Å²) in [6.07, 6.45) is 0.626. The number of halogens is 1. The summed E-state index contributed by atoms with van der Waals surface area (Å²) >= 11 is 0. The highest BCUT2D eigenvalue weighted by atomic mass is 19.1. The summed E-state index contributed by atoms with van der Waals surface area (Å²) in [5.74, 6) is 0.649. The fourth-order valence-corrected chi connectivity index (χ4v) is 3.41. The largest absolute Gasteiger partial charge is 0.493 e. The summed E-state index contributed by atoms with van der Waals surface area (Å²) in [7, 11) is 3.07. The number of carbonyl (C=O) groups is 2. The Labute approximate surface area is 169 Å². The number of rotatable bonds is 6. The Morgan fingerprint density at radius 2 is 1.59 bits per heavy atom. The van der Waals surface area contributed by atoms with Crippen molar-refractivity contribution in [2.45, 2.75) is 12.8 Å². The number of amides is 2. The summed E-state index contributed by atoms with van der Waals surface area (Å²) in [5, 5.41) is 0. The molecule has 0 aliphatic carbocycles. The van der Waals surface area contributed by atoms with Crippen LogP contribution in [0.15, 0.2) is 42.5 Å². The van der Waals surface area contributed by atoms with Gasteiger partial charge < -0.3 is 19.3 Å². The van der Waals surface area contributed by atoms with Gasteiger partial charge in [-0.05, 0) is 36.2 Å². The van der Waals surface area contributed by atoms with E-state index in [1.54, 1.807) is 53.3 Å². The smallest absolute Gasteiger partial charge is 0.254 e. The molecule has 1 fully saturated rings. The number of nitrogens with zero attached hydrogens (tertiary/aromatic N) is 2. The molecule has 0 aromatic heterocycles. The Bertz CT molecular complexity index is 879. The monoisotopic (exact) mass is 400 g/mol. The minimum absolute atomic E-state index is 0.0218. The lowest BCUT2D eigenvalue weighted by Gasteiger charge is -2.35. The van der Waals surface area contributed by atoms with Gasteiger partial charge in [-0.25, -0.2) is 4.39 Å². The van der Waals surface area contributed by atoms with Crippen LogP contribution >= 0.6 is 0 Å². The highest BCUT2D eigenvalue weighted by molar-refractivity contribution is 5.95. The molecular weight excluding hydrogens is 375 g/mol. The molecule has 0 unspecified atom stereocenters. The van der Waals surface area contributed by atoms with Crippen LogP contribution in [0.4, 0.5) is 4.39 Å². The van der Waals surface area contributed by atoms with Gasteiger partial charge in [0.15, 0.2) is 11.5 Å². The van der Waals surface area contributed by atoms with Crippen LogP contribution in [0.2, 0.25) is 0 Å². The van der Waals surface area contributed by atoms with E-state index in [0.29, 0.717) is 55.2 Å². The maximum absolute atomic E-state index is 13.7. The van der Waals surface area contributed by atoms with Crippen LogP contribution < -0.4 is 9.47 Å². The van der Waals surface area contributed by atoms with Crippen LogP contribution in [0.3, 0.4) is 0 Å². The molecule has 1 aliphatic rings. The summed E-state index contributed by atoms with van der Waals surface area (Å²) < 4.78 is 24.2. The molecule has 0 radical (unpaired) electrons. The predicted octanol–water partition coefficient (Wildman–Crippen LogP) is 2.76. The zero-order valence-electron chi connectivity index (χ0n) is 16.7. The summed E-state index contributed by atoms with van der Waals surface area (Å²) in [6.45, 7) is 1.85. The normalized spacial score (nSPS) is 13.9. The molecule has 1 aliphatic heterocycles. The van der Waals surface area contributed by atoms with Crippen molar-refractivity contribution >= 4 is 11.8 Å². The van der Waals surface area contributed by atoms with E-state index in [4.69, 9.17) is 9.47 Å². The minimum atomic E-state index is -0.286. The van der Waals surface area contributed by atoms with E-state index < -0.39 is 0 Å². The van der Waals surface area contributed by atoms with Gasteiger partial charge in [-0.15, -0.1) is 0 Å². The molecule has 0 spiro atoms. The van der Waals surface area contributed by atoms with Gasteiger partial charge in [-0.1, -0.05) is 18.2 Å². The zero-order chi connectivity index (χ0) is 20.8. The van der Waals surface area contributed by atoms with Crippen LogP contribution in [0, 0.1) is 5.82 Å². The SMILES string of the molecule is COc1ccc(C(=O)N2CCN(C(=O)CCc3ccccc3F)CC2)cc1OC. The number of piperazine rings is 1. The van der Waals surface area contributed by atoms with Gasteiger partial charge in [-0.3, -0.25) is 9.59 Å². The van der Waals surface area contributed by atoms with Gasteiger partial charge in [-0.2, -0.15) is 0 Å². The van der Waals surface area contributed by atoms with E-state index in [1.807, 2.05) is 0 Å². The molecule has 1 heterocycles. The second-order valence-electron chi connectivity index (χ2n) is 6.83. The zero-order valence-corrected chi connectivity index (χ0v) is 16.7. The highest BCUT2D eigenvalue weighted by Crippen LogP contribution is 2.28. The van der Waals surface area contributed by atoms with Crippen molar-refractivity contribution in [2.75, 3.05) is 40.4 Å². The van der Waals surface area contributed by atoms with E-state index in [1.165, 1.54) is 13.2 Å². The van der Waals surface area contributed by atoms with Gasteiger partial charge in [0.1, 0.15) is 5.82 Å². The minimum Gasteiger partial charge on any atom is -0.493 e. The van der Waals surface area contributed by atoms with E-state index in [-0.39, 0.29) is 24.1 Å². The third kappa shape index (κ3) is 4.85. The van der Waals surface area contributed by atoms with Gasteiger partial charge in [0.25, 0.3) is 5.91 Å². The summed E-state index contributed by atoms with van der Waals surface area (Å²) in [5.41, 5.74) is 1.06. The second-order valence-corrected chi connectivity index (χ2v) is 6.83. The van der Waals surface area contributed by atoms with Gasteiger partial charge in [0, 0.05) is 38.2 Å². The first-order valence-corrected chi connectivity index (χ1v) is 9.56. The Hall–Kier alpha value is -3.09. The third-order valence-corrected chi connectivity index (χ3v) is 5.12. The number of ether oxygens (including phenoxy) is 2. The number of hydrogen-bond acceptors (Lipinski definition) is 4. The number of aryl methyl sites for hydroxylation is 1. The number of carbonyl (C=O) groups excluding carboxylic acids is 2. The van der Waals surface area contributed by atoms with E-state index in [9.17, 15) is 14.0 Å². The van der Waals surface area contributed by atoms with Crippen LogP contribution in [-0.4, -0.2) is 62.0 Å². The van der Waals surface area contributed by atoms with Gasteiger partial charge in [0.2, 0.25) is 5.91 Å². The fraction of sp³-hybridized carbons (Fsp3) is 0.364. The first-order chi connectivity index (χ1) is 14.0. The lowest BCUT2D eigenvalue weighted by atomic mass is 10.1. The molecule has 0 N–H and O–H groups in total. The second kappa shape index (κ2) is 9.41. The van der Waals surface area contributed by atoms with Crippen molar-refractivity contribution in [3.8, 4) is 11.5 Å². The molecule has 0 bridgehead atoms. The maximum Gasteiger partial charge on any atom is 0.254 e. The Morgan fingerprint density at radius 3 is 2.24 bits per heavy atom. The molecule has 6 nitrogen and oxygen atoms in total. The molecule has 29 heavy (non-hydrogen) atoms.